The van der Waals surface area contributed by atoms with Gasteiger partial charge in [-0.25, -0.2) is 14.6 Å². The summed E-state index contributed by atoms with van der Waals surface area (Å²) in [6.07, 6.45) is 0. The Bertz CT molecular complexity index is 667. The molecular formula is C13H15N3O3S+2. The molecule has 0 spiro atoms. The van der Waals surface area contributed by atoms with Crippen molar-refractivity contribution in [3.63, 3.8) is 0 Å². The van der Waals surface area contributed by atoms with Gasteiger partial charge in [-0.05, 0) is 29.5 Å². The summed E-state index contributed by atoms with van der Waals surface area (Å²) in [5.41, 5.74) is 5.06. The zero-order chi connectivity index (χ0) is 14.5. The average Bonchev–Trinajstić information content (AvgIpc) is 2.44. The molecule has 1 heterocycles. The van der Waals surface area contributed by atoms with Crippen LogP contribution in [0, 0.1) is 0 Å². The monoisotopic (exact) mass is 293 g/mol. The highest BCUT2D eigenvalue weighted by Gasteiger charge is 2.09. The molecule has 1 aromatic carbocycles. The van der Waals surface area contributed by atoms with E-state index >= 15 is 0 Å². The van der Waals surface area contributed by atoms with Crippen molar-refractivity contribution in [1.82, 2.24) is 4.98 Å². The lowest BCUT2D eigenvalue weighted by Gasteiger charge is -2.01. The average molecular weight is 293 g/mol. The van der Waals surface area contributed by atoms with Crippen LogP contribution >= 0.6 is 11.8 Å². The van der Waals surface area contributed by atoms with Gasteiger partial charge in [0.05, 0.1) is 12.7 Å². The largest absolute Gasteiger partial charge is 0.465 e. The number of rotatable bonds is 4. The van der Waals surface area contributed by atoms with Crippen molar-refractivity contribution in [2.45, 2.75) is 10.9 Å². The number of methoxy groups -OCH3 is 1. The van der Waals surface area contributed by atoms with E-state index < -0.39 is 0 Å². The first kappa shape index (κ1) is 14.3. The first-order chi connectivity index (χ1) is 9.58. The third-order valence-electron chi connectivity index (χ3n) is 2.57. The number of hydrogen-bond donors (Lipinski definition) is 2. The van der Waals surface area contributed by atoms with Gasteiger partial charge in [-0.15, -0.1) is 0 Å². The van der Waals surface area contributed by atoms with E-state index in [1.54, 1.807) is 12.1 Å². The van der Waals surface area contributed by atoms with E-state index in [9.17, 15) is 9.59 Å². The van der Waals surface area contributed by atoms with Crippen LogP contribution in [0.1, 0.15) is 15.9 Å². The van der Waals surface area contributed by atoms with E-state index in [0.717, 1.165) is 5.56 Å². The highest BCUT2D eigenvalue weighted by Crippen LogP contribution is 2.17. The Hall–Kier alpha value is -2.12. The number of carbonyl (C=O) groups is 1. The fraction of sp³-hybridized carbons (Fsp3) is 0.154. The van der Waals surface area contributed by atoms with Crippen molar-refractivity contribution >= 4 is 23.5 Å². The van der Waals surface area contributed by atoms with Gasteiger partial charge in [0.15, 0.2) is 0 Å². The quantitative estimate of drug-likeness (QED) is 0.475. The predicted octanol–water partition coefficient (Wildman–Crippen LogP) is 0.141. The Balaban J connectivity index is 2.03. The van der Waals surface area contributed by atoms with Gasteiger partial charge >= 0.3 is 16.7 Å². The Morgan fingerprint density at radius 1 is 1.40 bits per heavy atom. The van der Waals surface area contributed by atoms with Crippen LogP contribution in [0.5, 0.6) is 0 Å². The molecule has 0 aliphatic carbocycles. The molecule has 2 rings (SSSR count). The number of nitrogens with one attached hydrogen (secondary N) is 2. The first-order valence-electron chi connectivity index (χ1n) is 5.87. The molecule has 0 amide bonds. The number of benzene rings is 1. The Morgan fingerprint density at radius 2 is 2.10 bits per heavy atom. The van der Waals surface area contributed by atoms with Gasteiger partial charge < -0.3 is 4.74 Å². The zero-order valence-electron chi connectivity index (χ0n) is 10.9. The minimum absolute atomic E-state index is 0.183. The second-order valence-electron chi connectivity index (χ2n) is 4.09. The number of ether oxygens (including phenoxy) is 1. The summed E-state index contributed by atoms with van der Waals surface area (Å²) in [7, 11) is 1.35. The van der Waals surface area contributed by atoms with Crippen molar-refractivity contribution in [2.75, 3.05) is 7.11 Å². The highest BCUT2D eigenvalue weighted by atomic mass is 32.2. The van der Waals surface area contributed by atoms with Gasteiger partial charge in [-0.3, -0.25) is 5.73 Å². The number of aromatic amines is 2. The molecule has 0 saturated heterocycles. The molecule has 5 N–H and O–H groups in total. The van der Waals surface area contributed by atoms with Crippen LogP contribution in [-0.4, -0.2) is 18.1 Å². The van der Waals surface area contributed by atoms with E-state index in [2.05, 4.69) is 20.4 Å². The molecule has 2 aromatic rings. The minimum Gasteiger partial charge on any atom is -0.465 e. The minimum atomic E-state index is -0.355. The second-order valence-corrected chi connectivity index (χ2v) is 5.08. The molecule has 1 aromatic heterocycles. The maximum Gasteiger partial charge on any atom is 0.342 e. The molecule has 7 heteroatoms. The molecule has 0 fully saturated rings. The van der Waals surface area contributed by atoms with Crippen LogP contribution in [-0.2, 0) is 10.5 Å². The topological polar surface area (TPSA) is 101 Å². The van der Waals surface area contributed by atoms with Crippen LogP contribution < -0.4 is 16.3 Å². The highest BCUT2D eigenvalue weighted by molar-refractivity contribution is 7.98. The normalized spacial score (nSPS) is 10.3. The van der Waals surface area contributed by atoms with Crippen molar-refractivity contribution < 1.29 is 20.2 Å². The first-order valence-corrected chi connectivity index (χ1v) is 6.85. The molecule has 0 radical (unpaired) electrons. The summed E-state index contributed by atoms with van der Waals surface area (Å²) in [6, 6.07) is 8.53. The number of esters is 1. The summed E-state index contributed by atoms with van der Waals surface area (Å²) >= 11 is 1.45. The molecule has 0 aliphatic heterocycles. The Morgan fingerprint density at radius 3 is 2.70 bits per heavy atom. The molecule has 0 aliphatic rings. The Kier molecular flexibility index (Phi) is 4.54. The van der Waals surface area contributed by atoms with E-state index in [0.29, 0.717) is 22.3 Å². The zero-order valence-corrected chi connectivity index (χ0v) is 11.8. The third-order valence-corrected chi connectivity index (χ3v) is 3.54. The molecule has 0 atom stereocenters. The predicted molar refractivity (Wildman–Crippen MR) is 73.5 cm³/mol. The van der Waals surface area contributed by atoms with Gasteiger partial charge in [0.1, 0.15) is 6.07 Å². The van der Waals surface area contributed by atoms with Gasteiger partial charge in [-0.1, -0.05) is 12.1 Å². The van der Waals surface area contributed by atoms with Crippen molar-refractivity contribution in [2.24, 2.45) is 0 Å². The standard InChI is InChI=1S/C13H13N3O3S/c1-19-12(18)9-4-2-8(3-5-9)7-20-13-15-10(14)6-11(17)16-13/h2-6H,7H2,1H3,(H3,14,15,16,17)/p+2. The van der Waals surface area contributed by atoms with E-state index in [-0.39, 0.29) is 11.5 Å². The van der Waals surface area contributed by atoms with Crippen LogP contribution in [0.15, 0.2) is 40.3 Å². The molecule has 104 valence electrons. The summed E-state index contributed by atoms with van der Waals surface area (Å²) in [5.74, 6) is 0.876. The number of thioether (sulfide) groups is 1. The van der Waals surface area contributed by atoms with Crippen molar-refractivity contribution in [3.8, 4) is 0 Å². The third kappa shape index (κ3) is 3.69. The smallest absolute Gasteiger partial charge is 0.342 e. The lowest BCUT2D eigenvalue weighted by molar-refractivity contribution is -0.512. The van der Waals surface area contributed by atoms with Crippen LogP contribution in [0.4, 0.5) is 5.82 Å². The van der Waals surface area contributed by atoms with Crippen molar-refractivity contribution in [3.05, 3.63) is 51.8 Å². The van der Waals surface area contributed by atoms with Gasteiger partial charge in [0.2, 0.25) is 0 Å². The molecule has 6 nitrogen and oxygen atoms in total. The summed E-state index contributed by atoms with van der Waals surface area (Å²) in [4.78, 5) is 28.3. The van der Waals surface area contributed by atoms with Crippen LogP contribution in [0.3, 0.4) is 0 Å². The molecule has 0 bridgehead atoms. The van der Waals surface area contributed by atoms with Crippen LogP contribution in [0.2, 0.25) is 0 Å². The summed E-state index contributed by atoms with van der Waals surface area (Å²) in [5, 5.41) is 0.652. The van der Waals surface area contributed by atoms with Crippen molar-refractivity contribution in [1.29, 1.82) is 0 Å². The number of H-pyrrole nitrogens is 2. The lowest BCUT2D eigenvalue weighted by Crippen LogP contribution is -2.48. The summed E-state index contributed by atoms with van der Waals surface area (Å²) < 4.78 is 4.64. The Labute approximate surface area is 119 Å². The maximum absolute atomic E-state index is 11.3. The number of carbonyl (C=O) groups excluding carboxylic acids is 1. The SMILES string of the molecule is COC(=O)c1ccc(CSc2[nH]c(=O)cc([NH3+])[nH+]2)cc1. The number of hydrogen-bond acceptors (Lipinski definition) is 4. The van der Waals surface area contributed by atoms with Gasteiger partial charge in [-0.2, -0.15) is 4.98 Å². The van der Waals surface area contributed by atoms with Gasteiger partial charge in [0, 0.05) is 5.75 Å². The molecule has 0 unspecified atom stereocenters. The van der Waals surface area contributed by atoms with Crippen LogP contribution in [0.25, 0.3) is 0 Å². The molecule has 0 saturated carbocycles. The van der Waals surface area contributed by atoms with E-state index in [1.807, 2.05) is 12.1 Å². The number of quaternary nitrogens is 1. The molecular weight excluding hydrogens is 278 g/mol. The lowest BCUT2D eigenvalue weighted by atomic mass is 10.1. The second kappa shape index (κ2) is 6.36. The van der Waals surface area contributed by atoms with E-state index in [4.69, 9.17) is 0 Å². The van der Waals surface area contributed by atoms with E-state index in [1.165, 1.54) is 24.9 Å². The fourth-order valence-corrected chi connectivity index (χ4v) is 2.48. The summed E-state index contributed by atoms with van der Waals surface area (Å²) in [6.45, 7) is 0. The van der Waals surface area contributed by atoms with Gasteiger partial charge in [0.25, 0.3) is 5.82 Å². The molecule has 20 heavy (non-hydrogen) atoms. The maximum atomic E-state index is 11.3. The fourth-order valence-electron chi connectivity index (χ4n) is 1.60. The number of aromatic nitrogens is 2.